The number of rotatable bonds is 16. The first kappa shape index (κ1) is 47.8. The molecule has 0 aromatic heterocycles. The number of unbranched alkanes of at least 4 members (excludes halogenated alkanes) is 4. The van der Waals surface area contributed by atoms with Crippen LogP contribution in [-0.2, 0) is 11.2 Å². The third-order valence-corrected chi connectivity index (χ3v) is 8.20. The van der Waals surface area contributed by atoms with Gasteiger partial charge in [-0.25, -0.2) is 0 Å². The Morgan fingerprint density at radius 1 is 0.933 bits per heavy atom. The van der Waals surface area contributed by atoms with E-state index in [4.69, 9.17) is 0 Å². The van der Waals surface area contributed by atoms with E-state index in [2.05, 4.69) is 104 Å². The van der Waals surface area contributed by atoms with Crippen LogP contribution < -0.4 is 0 Å². The van der Waals surface area contributed by atoms with E-state index < -0.39 is 0 Å². The summed E-state index contributed by atoms with van der Waals surface area (Å²) < 4.78 is 0. The summed E-state index contributed by atoms with van der Waals surface area (Å²) in [5.74, 6) is 1.71. The molecule has 1 saturated heterocycles. The van der Waals surface area contributed by atoms with Crippen molar-refractivity contribution in [2.45, 2.75) is 179 Å². The number of Topliss-reactive ketones (excluding diaryl/α,β-unsaturated/α-hetero) is 1. The van der Waals surface area contributed by atoms with Crippen molar-refractivity contribution in [3.63, 3.8) is 0 Å². The van der Waals surface area contributed by atoms with E-state index >= 15 is 0 Å². The molecule has 0 bridgehead atoms. The van der Waals surface area contributed by atoms with Crippen molar-refractivity contribution in [3.8, 4) is 0 Å². The second-order valence-electron chi connectivity index (χ2n) is 13.0. The lowest BCUT2D eigenvalue weighted by Crippen LogP contribution is -2.25. The number of hydrogen-bond acceptors (Lipinski definition) is 3. The predicted octanol–water partition coefficient (Wildman–Crippen LogP) is 12.8. The highest BCUT2D eigenvalue weighted by atomic mass is 16.1. The quantitative estimate of drug-likeness (QED) is 0.170. The maximum Gasteiger partial charge on any atom is 0.129 e. The molecule has 1 aromatic rings. The highest BCUT2D eigenvalue weighted by Crippen LogP contribution is 2.31. The zero-order valence-electron chi connectivity index (χ0n) is 33.3. The highest BCUT2D eigenvalue weighted by Gasteiger charge is 2.21. The summed E-state index contributed by atoms with van der Waals surface area (Å²) in [4.78, 5) is 14.7. The first-order valence-corrected chi connectivity index (χ1v) is 19.2. The van der Waals surface area contributed by atoms with Gasteiger partial charge in [-0.05, 0) is 108 Å². The number of carbonyl (C=O) groups excluding carboxylic acids is 1. The first-order chi connectivity index (χ1) is 21.5. The summed E-state index contributed by atoms with van der Waals surface area (Å²) in [6.45, 7) is 29.4. The Morgan fingerprint density at radius 2 is 1.53 bits per heavy atom. The fourth-order valence-electron chi connectivity index (χ4n) is 5.42. The van der Waals surface area contributed by atoms with Gasteiger partial charge in [-0.1, -0.05) is 132 Å². The Bertz CT molecular complexity index is 811. The third kappa shape index (κ3) is 27.2. The maximum absolute atomic E-state index is 9.81. The molecule has 1 heterocycles. The minimum absolute atomic E-state index is 0.255. The van der Waals surface area contributed by atoms with Crippen LogP contribution in [0.5, 0.6) is 0 Å². The number of nitrogens with zero attached hydrogens (tertiary/aromatic N) is 2. The van der Waals surface area contributed by atoms with Gasteiger partial charge in [0.05, 0.1) is 0 Å². The van der Waals surface area contributed by atoms with Crippen molar-refractivity contribution in [3.05, 3.63) is 46.7 Å². The molecular weight excluding hydrogens is 548 g/mol. The molecule has 2 rings (SSSR count). The van der Waals surface area contributed by atoms with Gasteiger partial charge in [0.25, 0.3) is 0 Å². The summed E-state index contributed by atoms with van der Waals surface area (Å²) in [5.41, 5.74) is 6.18. The van der Waals surface area contributed by atoms with Crippen LogP contribution in [0.15, 0.2) is 30.0 Å². The van der Waals surface area contributed by atoms with Crippen LogP contribution in [0.3, 0.4) is 0 Å². The molecule has 1 fully saturated rings. The number of ketones is 1. The minimum Gasteiger partial charge on any atom is -0.375 e. The smallest absolute Gasteiger partial charge is 0.129 e. The molecule has 0 saturated carbocycles. The third-order valence-electron chi connectivity index (χ3n) is 8.20. The summed E-state index contributed by atoms with van der Waals surface area (Å²) in [6, 6.07) is 7.22. The molecule has 2 atom stereocenters. The lowest BCUT2D eigenvalue weighted by atomic mass is 9.85. The fourth-order valence-corrected chi connectivity index (χ4v) is 5.42. The molecule has 45 heavy (non-hydrogen) atoms. The summed E-state index contributed by atoms with van der Waals surface area (Å²) >= 11 is 0. The number of hydrogen-bond donors (Lipinski definition) is 0. The largest absolute Gasteiger partial charge is 0.375 e. The van der Waals surface area contributed by atoms with E-state index in [0.717, 1.165) is 5.92 Å². The average molecular weight is 631 g/mol. The summed E-state index contributed by atoms with van der Waals surface area (Å²) in [5, 5.41) is 0. The fraction of sp³-hybridized carbons (Fsp3) is 0.786. The van der Waals surface area contributed by atoms with E-state index in [9.17, 15) is 4.79 Å². The molecule has 3 heteroatoms. The van der Waals surface area contributed by atoms with Crippen molar-refractivity contribution in [1.29, 1.82) is 0 Å². The molecular formula is C42H82N2O. The van der Waals surface area contributed by atoms with Crippen molar-refractivity contribution in [1.82, 2.24) is 9.80 Å². The van der Waals surface area contributed by atoms with Gasteiger partial charge in [0.2, 0.25) is 0 Å². The SMILES string of the molecule is CC.CC/C=C1/CCCN1CC(C)CC(CC)c1ccc(C)c(CCC)c1.CCC(C)=O.CCCCC.CCCCCN(C)C. The lowest BCUT2D eigenvalue weighted by Gasteiger charge is -2.27. The molecule has 266 valence electrons. The zero-order chi connectivity index (χ0) is 35.0. The van der Waals surface area contributed by atoms with Crippen molar-refractivity contribution < 1.29 is 4.79 Å². The van der Waals surface area contributed by atoms with Crippen LogP contribution in [0.2, 0.25) is 0 Å². The number of allylic oxidation sites excluding steroid dienone is 2. The van der Waals surface area contributed by atoms with Crippen molar-refractivity contribution >= 4 is 5.78 Å². The van der Waals surface area contributed by atoms with E-state index in [0.29, 0.717) is 12.3 Å². The molecule has 0 spiro atoms. The summed E-state index contributed by atoms with van der Waals surface area (Å²) in [6.07, 6.45) is 20.0. The Balaban J connectivity index is -0.000000719. The van der Waals surface area contributed by atoms with Gasteiger partial charge < -0.3 is 14.6 Å². The monoisotopic (exact) mass is 631 g/mol. The van der Waals surface area contributed by atoms with Gasteiger partial charge in [0.1, 0.15) is 5.78 Å². The van der Waals surface area contributed by atoms with Gasteiger partial charge in [0, 0.05) is 25.2 Å². The molecule has 1 aliphatic rings. The molecule has 0 N–H and O–H groups in total. The van der Waals surface area contributed by atoms with Gasteiger partial charge in [0.15, 0.2) is 0 Å². The second kappa shape index (κ2) is 33.7. The maximum atomic E-state index is 9.81. The number of likely N-dealkylation sites (tertiary alicyclic amines) is 1. The Morgan fingerprint density at radius 3 is 1.98 bits per heavy atom. The second-order valence-corrected chi connectivity index (χ2v) is 13.0. The van der Waals surface area contributed by atoms with Crippen LogP contribution in [0.1, 0.15) is 182 Å². The first-order valence-electron chi connectivity index (χ1n) is 19.2. The Hall–Kier alpha value is -1.61. The number of aryl methyl sites for hydroxylation is 2. The normalized spacial score (nSPS) is 14.2. The van der Waals surface area contributed by atoms with Crippen molar-refractivity contribution in [2.24, 2.45) is 5.92 Å². The molecule has 1 aromatic carbocycles. The van der Waals surface area contributed by atoms with E-state index in [1.807, 2.05) is 20.8 Å². The van der Waals surface area contributed by atoms with Crippen LogP contribution >= 0.6 is 0 Å². The molecule has 1 aliphatic heterocycles. The number of carbonyl (C=O) groups is 1. The van der Waals surface area contributed by atoms with Crippen LogP contribution in [0.25, 0.3) is 0 Å². The molecule has 0 amide bonds. The molecule has 2 unspecified atom stereocenters. The van der Waals surface area contributed by atoms with E-state index in [1.54, 1.807) is 23.7 Å². The van der Waals surface area contributed by atoms with Crippen LogP contribution in [-0.4, -0.2) is 49.3 Å². The standard InChI is InChI=1S/C24H39N.C7H17N.C5H12.C4H8O.C2H6/c1-6-10-22-17-23(14-13-20(22)5)21(8-3)16-19(4)18-25-15-9-12-24(25)11-7-2;1-4-5-6-7-8(2)3;1-3-5-4-2;1-3-4(2)5;1-2/h11,13-14,17,19,21H,6-10,12,15-16,18H2,1-5H3;4-7H2,1-3H3;3-5H2,1-2H3;3H2,1-2H3;1-2H3/b24-11-;;;;. The number of benzene rings is 1. The van der Waals surface area contributed by atoms with Crippen LogP contribution in [0, 0.1) is 12.8 Å². The van der Waals surface area contributed by atoms with Gasteiger partial charge in [-0.3, -0.25) is 0 Å². The molecule has 0 radical (unpaired) electrons. The van der Waals surface area contributed by atoms with Gasteiger partial charge >= 0.3 is 0 Å². The Labute approximate surface area is 285 Å². The van der Waals surface area contributed by atoms with Crippen molar-refractivity contribution in [2.75, 3.05) is 33.7 Å². The highest BCUT2D eigenvalue weighted by molar-refractivity contribution is 5.74. The molecule has 0 aliphatic carbocycles. The molecule has 3 nitrogen and oxygen atoms in total. The minimum atomic E-state index is 0.255. The van der Waals surface area contributed by atoms with Crippen LogP contribution in [0.4, 0.5) is 0 Å². The zero-order valence-corrected chi connectivity index (χ0v) is 33.3. The van der Waals surface area contributed by atoms with Gasteiger partial charge in [-0.15, -0.1) is 0 Å². The topological polar surface area (TPSA) is 23.6 Å². The average Bonchev–Trinajstić information content (AvgIpc) is 3.46. The lowest BCUT2D eigenvalue weighted by molar-refractivity contribution is -0.116. The summed E-state index contributed by atoms with van der Waals surface area (Å²) in [7, 11) is 4.24. The Kier molecular flexibility index (Phi) is 35.8. The van der Waals surface area contributed by atoms with Gasteiger partial charge in [-0.2, -0.15) is 0 Å². The predicted molar refractivity (Wildman–Crippen MR) is 207 cm³/mol. The van der Waals surface area contributed by atoms with E-state index in [-0.39, 0.29) is 5.78 Å². The van der Waals surface area contributed by atoms with E-state index in [1.165, 1.54) is 109 Å².